The molecule has 1 fully saturated rings. The van der Waals surface area contributed by atoms with Gasteiger partial charge in [-0.25, -0.2) is 0 Å². The van der Waals surface area contributed by atoms with Crippen LogP contribution in [0.2, 0.25) is 0 Å². The molecule has 27 heavy (non-hydrogen) atoms. The molecule has 1 N–H and O–H groups in total. The van der Waals surface area contributed by atoms with Gasteiger partial charge in [-0.2, -0.15) is 0 Å². The third-order valence-electron chi connectivity index (χ3n) is 5.01. The van der Waals surface area contributed by atoms with Gasteiger partial charge in [-0.1, -0.05) is 56.6 Å². The van der Waals surface area contributed by atoms with Crippen LogP contribution in [0.25, 0.3) is 0 Å². The van der Waals surface area contributed by atoms with Gasteiger partial charge in [0.05, 0.1) is 6.61 Å². The molecule has 0 spiro atoms. The van der Waals surface area contributed by atoms with Crippen LogP contribution in [0.1, 0.15) is 81.2 Å². The van der Waals surface area contributed by atoms with Crippen molar-refractivity contribution in [3.8, 4) is 5.75 Å². The lowest BCUT2D eigenvalue weighted by molar-refractivity contribution is -0.116. The summed E-state index contributed by atoms with van der Waals surface area (Å²) in [6, 6.07) is 8.16. The van der Waals surface area contributed by atoms with E-state index in [1.807, 2.05) is 12.1 Å². The molecule has 0 aliphatic heterocycles. The molecule has 1 amide bonds. The van der Waals surface area contributed by atoms with Gasteiger partial charge in [0.1, 0.15) is 10.8 Å². The molecule has 0 unspecified atom stereocenters. The Kier molecular flexibility index (Phi) is 7.21. The summed E-state index contributed by atoms with van der Waals surface area (Å²) in [6.45, 7) is 4.87. The predicted molar refractivity (Wildman–Crippen MR) is 110 cm³/mol. The van der Waals surface area contributed by atoms with Crippen LogP contribution in [0.4, 0.5) is 5.13 Å². The van der Waals surface area contributed by atoms with Gasteiger partial charge in [0.25, 0.3) is 0 Å². The van der Waals surface area contributed by atoms with Gasteiger partial charge >= 0.3 is 0 Å². The van der Waals surface area contributed by atoms with Gasteiger partial charge in [-0.3, -0.25) is 4.79 Å². The van der Waals surface area contributed by atoms with Crippen LogP contribution in [-0.4, -0.2) is 22.7 Å². The number of hydrogen-bond donors (Lipinski definition) is 1. The van der Waals surface area contributed by atoms with Gasteiger partial charge in [-0.05, 0) is 42.9 Å². The Morgan fingerprint density at radius 2 is 1.93 bits per heavy atom. The molecule has 146 valence electrons. The highest BCUT2D eigenvalue weighted by Gasteiger charge is 2.20. The number of ether oxygens (including phenoxy) is 1. The maximum absolute atomic E-state index is 12.1. The second-order valence-corrected chi connectivity index (χ2v) is 8.51. The zero-order valence-electron chi connectivity index (χ0n) is 16.2. The zero-order valence-corrected chi connectivity index (χ0v) is 17.1. The van der Waals surface area contributed by atoms with Crippen molar-refractivity contribution in [2.75, 3.05) is 11.9 Å². The molecule has 0 bridgehead atoms. The standard InChI is InChI=1S/C21H29N3O2S/c1-15(2)16-10-12-18(13-11-16)26-14-6-9-19(25)22-21-24-23-20(27-21)17-7-4-3-5-8-17/h10-13,15,17H,3-9,14H2,1-2H3,(H,22,24,25). The Hall–Kier alpha value is -1.95. The first-order valence-electron chi connectivity index (χ1n) is 9.98. The quantitative estimate of drug-likeness (QED) is 0.607. The van der Waals surface area contributed by atoms with E-state index in [-0.39, 0.29) is 5.91 Å². The fourth-order valence-electron chi connectivity index (χ4n) is 3.35. The van der Waals surface area contributed by atoms with Gasteiger partial charge in [0, 0.05) is 12.3 Å². The number of carbonyl (C=O) groups is 1. The van der Waals surface area contributed by atoms with Crippen molar-refractivity contribution < 1.29 is 9.53 Å². The largest absolute Gasteiger partial charge is 0.494 e. The lowest BCUT2D eigenvalue weighted by Crippen LogP contribution is -2.12. The third-order valence-corrected chi connectivity index (χ3v) is 6.01. The first kappa shape index (κ1) is 19.8. The first-order chi connectivity index (χ1) is 13.1. The minimum Gasteiger partial charge on any atom is -0.494 e. The molecule has 3 rings (SSSR count). The van der Waals surface area contributed by atoms with Gasteiger partial charge < -0.3 is 10.1 Å². The van der Waals surface area contributed by atoms with Crippen molar-refractivity contribution in [3.05, 3.63) is 34.8 Å². The molecular weight excluding hydrogens is 358 g/mol. The van der Waals surface area contributed by atoms with Crippen LogP contribution >= 0.6 is 11.3 Å². The molecule has 1 aromatic carbocycles. The maximum atomic E-state index is 12.1. The second kappa shape index (κ2) is 9.83. The van der Waals surface area contributed by atoms with E-state index in [1.165, 1.54) is 49.0 Å². The molecule has 1 aromatic heterocycles. The van der Waals surface area contributed by atoms with Gasteiger partial charge in [0.15, 0.2) is 0 Å². The van der Waals surface area contributed by atoms with E-state index < -0.39 is 0 Å². The van der Waals surface area contributed by atoms with E-state index >= 15 is 0 Å². The molecule has 5 nitrogen and oxygen atoms in total. The first-order valence-corrected chi connectivity index (χ1v) is 10.8. The average Bonchev–Trinajstić information content (AvgIpc) is 3.15. The Bertz CT molecular complexity index is 721. The molecule has 1 heterocycles. The molecular formula is C21H29N3O2S. The number of carbonyl (C=O) groups excluding carboxylic acids is 1. The van der Waals surface area contributed by atoms with Crippen LogP contribution in [0.15, 0.2) is 24.3 Å². The summed E-state index contributed by atoms with van der Waals surface area (Å²) >= 11 is 1.52. The molecule has 0 atom stereocenters. The Morgan fingerprint density at radius 3 is 2.63 bits per heavy atom. The summed E-state index contributed by atoms with van der Waals surface area (Å²) in [6.07, 6.45) is 7.34. The summed E-state index contributed by atoms with van der Waals surface area (Å²) < 4.78 is 5.72. The lowest BCUT2D eigenvalue weighted by Gasteiger charge is -2.18. The third kappa shape index (κ3) is 6.03. The van der Waals surface area contributed by atoms with E-state index in [0.717, 1.165) is 10.8 Å². The van der Waals surface area contributed by atoms with E-state index in [9.17, 15) is 4.79 Å². The smallest absolute Gasteiger partial charge is 0.226 e. The number of rotatable bonds is 8. The molecule has 0 radical (unpaired) electrons. The highest BCUT2D eigenvalue weighted by atomic mass is 32.1. The van der Waals surface area contributed by atoms with E-state index in [0.29, 0.717) is 36.4 Å². The number of amides is 1. The predicted octanol–water partition coefficient (Wildman–Crippen LogP) is 5.51. The fourth-order valence-corrected chi connectivity index (χ4v) is 4.28. The summed E-state index contributed by atoms with van der Waals surface area (Å²) in [5.74, 6) is 1.86. The van der Waals surface area contributed by atoms with Crippen LogP contribution < -0.4 is 10.1 Å². The van der Waals surface area contributed by atoms with Crippen molar-refractivity contribution in [2.24, 2.45) is 0 Å². The summed E-state index contributed by atoms with van der Waals surface area (Å²) in [4.78, 5) is 12.1. The maximum Gasteiger partial charge on any atom is 0.226 e. The van der Waals surface area contributed by atoms with Crippen molar-refractivity contribution in [3.63, 3.8) is 0 Å². The average molecular weight is 388 g/mol. The fraction of sp³-hybridized carbons (Fsp3) is 0.571. The Morgan fingerprint density at radius 1 is 1.19 bits per heavy atom. The zero-order chi connectivity index (χ0) is 19.1. The number of aromatic nitrogens is 2. The molecule has 0 saturated heterocycles. The number of anilines is 1. The summed E-state index contributed by atoms with van der Waals surface area (Å²) in [5.41, 5.74) is 1.30. The number of nitrogens with zero attached hydrogens (tertiary/aromatic N) is 2. The Balaban J connectivity index is 1.36. The van der Waals surface area contributed by atoms with Crippen molar-refractivity contribution in [2.45, 2.75) is 70.6 Å². The van der Waals surface area contributed by atoms with E-state index in [4.69, 9.17) is 4.74 Å². The number of hydrogen-bond acceptors (Lipinski definition) is 5. The lowest BCUT2D eigenvalue weighted by atomic mass is 9.90. The summed E-state index contributed by atoms with van der Waals surface area (Å²) in [7, 11) is 0. The minimum absolute atomic E-state index is 0.0277. The number of benzene rings is 1. The molecule has 1 aliphatic carbocycles. The normalized spacial score (nSPS) is 15.1. The molecule has 6 heteroatoms. The number of nitrogens with one attached hydrogen (secondary N) is 1. The topological polar surface area (TPSA) is 64.1 Å². The summed E-state index contributed by atoms with van der Waals surface area (Å²) in [5, 5.41) is 13.0. The minimum atomic E-state index is -0.0277. The monoisotopic (exact) mass is 387 g/mol. The van der Waals surface area contributed by atoms with Gasteiger partial charge in [0.2, 0.25) is 11.0 Å². The SMILES string of the molecule is CC(C)c1ccc(OCCCC(=O)Nc2nnc(C3CCCCC3)s2)cc1. The van der Waals surface area contributed by atoms with E-state index in [1.54, 1.807) is 0 Å². The van der Waals surface area contributed by atoms with Gasteiger partial charge in [-0.15, -0.1) is 10.2 Å². The van der Waals surface area contributed by atoms with Crippen molar-refractivity contribution >= 4 is 22.4 Å². The highest BCUT2D eigenvalue weighted by molar-refractivity contribution is 7.15. The highest BCUT2D eigenvalue weighted by Crippen LogP contribution is 2.35. The Labute approximate surface area is 165 Å². The van der Waals surface area contributed by atoms with Crippen LogP contribution in [-0.2, 0) is 4.79 Å². The van der Waals surface area contributed by atoms with Crippen LogP contribution in [0.5, 0.6) is 5.75 Å². The van der Waals surface area contributed by atoms with Crippen LogP contribution in [0.3, 0.4) is 0 Å². The molecule has 2 aromatic rings. The van der Waals surface area contributed by atoms with Crippen LogP contribution in [0, 0.1) is 0 Å². The van der Waals surface area contributed by atoms with Crippen molar-refractivity contribution in [1.29, 1.82) is 0 Å². The van der Waals surface area contributed by atoms with Crippen molar-refractivity contribution in [1.82, 2.24) is 10.2 Å². The van der Waals surface area contributed by atoms with E-state index in [2.05, 4.69) is 41.5 Å². The second-order valence-electron chi connectivity index (χ2n) is 7.50. The molecule has 1 saturated carbocycles. The molecule has 1 aliphatic rings.